The van der Waals surface area contributed by atoms with Gasteiger partial charge in [-0.15, -0.1) is 0 Å². The van der Waals surface area contributed by atoms with Gasteiger partial charge in [0.25, 0.3) is 0 Å². The van der Waals surface area contributed by atoms with E-state index in [0.29, 0.717) is 6.42 Å². The number of nitrogens with two attached hydrogens (primary N) is 1. The van der Waals surface area contributed by atoms with Crippen LogP contribution in [0.4, 0.5) is 0 Å². The molecular formula is C12H15N3O. The molecule has 0 aliphatic carbocycles. The molecule has 1 aromatic carbocycles. The molecular weight excluding hydrogens is 202 g/mol. The van der Waals surface area contributed by atoms with E-state index >= 15 is 0 Å². The van der Waals surface area contributed by atoms with E-state index in [4.69, 9.17) is 5.73 Å². The fourth-order valence-electron chi connectivity index (χ4n) is 1.70. The molecule has 1 atom stereocenters. The molecule has 0 spiro atoms. The molecule has 0 saturated carbocycles. The maximum atomic E-state index is 9.44. The molecule has 1 unspecified atom stereocenters. The average Bonchev–Trinajstić information content (AvgIpc) is 2.84. The highest BCUT2D eigenvalue weighted by Gasteiger charge is 2.25. The highest BCUT2D eigenvalue weighted by Crippen LogP contribution is 2.15. The third-order valence-corrected chi connectivity index (χ3v) is 2.65. The van der Waals surface area contributed by atoms with Crippen molar-refractivity contribution < 1.29 is 5.11 Å². The van der Waals surface area contributed by atoms with E-state index in [1.54, 1.807) is 23.3 Å². The Bertz CT molecular complexity index is 427. The average molecular weight is 217 g/mol. The molecule has 3 N–H and O–H groups in total. The minimum atomic E-state index is -0.822. The van der Waals surface area contributed by atoms with Crippen LogP contribution in [-0.2, 0) is 12.1 Å². The molecule has 0 aliphatic heterocycles. The van der Waals surface area contributed by atoms with Crippen LogP contribution in [0, 0.1) is 0 Å². The molecule has 0 fully saturated rings. The Morgan fingerprint density at radius 3 is 2.62 bits per heavy atom. The number of hydrogen-bond acceptors (Lipinski definition) is 3. The monoisotopic (exact) mass is 217 g/mol. The lowest BCUT2D eigenvalue weighted by Crippen LogP contribution is -2.47. The van der Waals surface area contributed by atoms with Crippen LogP contribution in [0.15, 0.2) is 49.1 Å². The lowest BCUT2D eigenvalue weighted by atomic mass is 10.0. The summed E-state index contributed by atoms with van der Waals surface area (Å²) in [5, 5.41) is 9.44. The van der Waals surface area contributed by atoms with Crippen molar-refractivity contribution in [2.45, 2.75) is 12.1 Å². The molecule has 0 radical (unpaired) electrons. The highest BCUT2D eigenvalue weighted by atomic mass is 16.3. The molecule has 0 bridgehead atoms. The zero-order valence-electron chi connectivity index (χ0n) is 8.95. The predicted molar refractivity (Wildman–Crippen MR) is 61.6 cm³/mol. The Hall–Kier alpha value is -1.65. The molecule has 2 rings (SSSR count). The van der Waals surface area contributed by atoms with Crippen LogP contribution in [0.1, 0.15) is 5.56 Å². The summed E-state index contributed by atoms with van der Waals surface area (Å²) in [5.74, 6) is 0. The fraction of sp³-hybridized carbons (Fsp3) is 0.250. The summed E-state index contributed by atoms with van der Waals surface area (Å²) in [6.07, 6.45) is 5.61. The predicted octanol–water partition coefficient (Wildman–Crippen LogP) is 0.730. The van der Waals surface area contributed by atoms with E-state index in [9.17, 15) is 5.11 Å². The number of rotatable bonds is 4. The summed E-state index contributed by atoms with van der Waals surface area (Å²) in [7, 11) is 0. The van der Waals surface area contributed by atoms with Crippen molar-refractivity contribution in [2.24, 2.45) is 5.73 Å². The molecule has 1 heterocycles. The number of benzene rings is 1. The summed E-state index contributed by atoms with van der Waals surface area (Å²) in [6.45, 7) is -0.127. The van der Waals surface area contributed by atoms with Crippen LogP contribution in [0.5, 0.6) is 0 Å². The lowest BCUT2D eigenvalue weighted by Gasteiger charge is -2.28. The van der Waals surface area contributed by atoms with Gasteiger partial charge in [0.1, 0.15) is 5.66 Å². The molecule has 4 nitrogen and oxygen atoms in total. The molecule has 84 valence electrons. The van der Waals surface area contributed by atoms with Gasteiger partial charge >= 0.3 is 0 Å². The SMILES string of the molecule is NC(CO)(Cc1ccccc1)n1ccnc1. The second-order valence-corrected chi connectivity index (χ2v) is 3.89. The third kappa shape index (κ3) is 2.13. The largest absolute Gasteiger partial charge is 0.392 e. The smallest absolute Gasteiger partial charge is 0.121 e. The van der Waals surface area contributed by atoms with Crippen LogP contribution in [0.3, 0.4) is 0 Å². The number of aromatic nitrogens is 2. The van der Waals surface area contributed by atoms with Crippen LogP contribution in [0.2, 0.25) is 0 Å². The Morgan fingerprint density at radius 2 is 2.06 bits per heavy atom. The summed E-state index contributed by atoms with van der Waals surface area (Å²) in [4.78, 5) is 3.95. The van der Waals surface area contributed by atoms with Gasteiger partial charge in [-0.1, -0.05) is 30.3 Å². The first kappa shape index (κ1) is 10.9. The van der Waals surface area contributed by atoms with Gasteiger partial charge in [-0.05, 0) is 5.56 Å². The van der Waals surface area contributed by atoms with E-state index < -0.39 is 5.66 Å². The first-order chi connectivity index (χ1) is 7.74. The van der Waals surface area contributed by atoms with Crippen molar-refractivity contribution in [3.63, 3.8) is 0 Å². The first-order valence-corrected chi connectivity index (χ1v) is 5.17. The van der Waals surface area contributed by atoms with Crippen molar-refractivity contribution in [3.05, 3.63) is 54.6 Å². The van der Waals surface area contributed by atoms with Crippen molar-refractivity contribution in [1.82, 2.24) is 9.55 Å². The van der Waals surface area contributed by atoms with E-state index in [2.05, 4.69) is 4.98 Å². The van der Waals surface area contributed by atoms with Crippen molar-refractivity contribution in [2.75, 3.05) is 6.61 Å². The Morgan fingerprint density at radius 1 is 1.31 bits per heavy atom. The fourth-order valence-corrected chi connectivity index (χ4v) is 1.70. The summed E-state index contributed by atoms with van der Waals surface area (Å²) < 4.78 is 1.74. The van der Waals surface area contributed by atoms with Crippen molar-refractivity contribution in [1.29, 1.82) is 0 Å². The first-order valence-electron chi connectivity index (χ1n) is 5.17. The van der Waals surface area contributed by atoms with Gasteiger partial charge in [0.2, 0.25) is 0 Å². The van der Waals surface area contributed by atoms with Gasteiger partial charge in [-0.25, -0.2) is 4.98 Å². The lowest BCUT2D eigenvalue weighted by molar-refractivity contribution is 0.136. The van der Waals surface area contributed by atoms with Gasteiger partial charge in [0.05, 0.1) is 12.9 Å². The van der Waals surface area contributed by atoms with Gasteiger partial charge in [-0.3, -0.25) is 0 Å². The zero-order chi connectivity index (χ0) is 11.4. The minimum Gasteiger partial charge on any atom is -0.392 e. The van der Waals surface area contributed by atoms with Crippen LogP contribution >= 0.6 is 0 Å². The standard InChI is InChI=1S/C12H15N3O/c13-12(9-16,15-7-6-14-10-15)8-11-4-2-1-3-5-11/h1-7,10,16H,8-9,13H2. The summed E-state index contributed by atoms with van der Waals surface area (Å²) in [6, 6.07) is 9.86. The maximum absolute atomic E-state index is 9.44. The van der Waals surface area contributed by atoms with Crippen molar-refractivity contribution >= 4 is 0 Å². The quantitative estimate of drug-likeness (QED) is 0.793. The van der Waals surface area contributed by atoms with Crippen LogP contribution in [0.25, 0.3) is 0 Å². The van der Waals surface area contributed by atoms with Gasteiger partial charge in [0.15, 0.2) is 0 Å². The molecule has 1 aromatic heterocycles. The van der Waals surface area contributed by atoms with E-state index in [0.717, 1.165) is 5.56 Å². The molecule has 0 amide bonds. The Balaban J connectivity index is 2.23. The van der Waals surface area contributed by atoms with Crippen LogP contribution in [-0.4, -0.2) is 21.3 Å². The third-order valence-electron chi connectivity index (χ3n) is 2.65. The van der Waals surface area contributed by atoms with E-state index in [1.807, 2.05) is 30.3 Å². The van der Waals surface area contributed by atoms with E-state index in [1.165, 1.54) is 0 Å². The topological polar surface area (TPSA) is 64.1 Å². The molecule has 2 aromatic rings. The zero-order valence-corrected chi connectivity index (χ0v) is 8.95. The van der Waals surface area contributed by atoms with E-state index in [-0.39, 0.29) is 6.61 Å². The van der Waals surface area contributed by atoms with Gasteiger partial charge < -0.3 is 15.4 Å². The highest BCUT2D eigenvalue weighted by molar-refractivity contribution is 5.17. The number of hydrogen-bond donors (Lipinski definition) is 2. The second kappa shape index (κ2) is 4.47. The Labute approximate surface area is 94.4 Å². The van der Waals surface area contributed by atoms with Crippen LogP contribution < -0.4 is 5.73 Å². The molecule has 16 heavy (non-hydrogen) atoms. The normalized spacial score (nSPS) is 14.6. The molecule has 4 heteroatoms. The maximum Gasteiger partial charge on any atom is 0.121 e. The molecule has 0 aliphatic rings. The van der Waals surface area contributed by atoms with Gasteiger partial charge in [0, 0.05) is 18.8 Å². The second-order valence-electron chi connectivity index (χ2n) is 3.89. The number of aliphatic hydroxyl groups is 1. The summed E-state index contributed by atoms with van der Waals surface area (Å²) in [5.41, 5.74) is 6.44. The number of imidazole rings is 1. The number of nitrogens with zero attached hydrogens (tertiary/aromatic N) is 2. The summed E-state index contributed by atoms with van der Waals surface area (Å²) >= 11 is 0. The van der Waals surface area contributed by atoms with Crippen molar-refractivity contribution in [3.8, 4) is 0 Å². The Kier molecular flexibility index (Phi) is 3.03. The molecule has 0 saturated heterocycles. The van der Waals surface area contributed by atoms with Gasteiger partial charge in [-0.2, -0.15) is 0 Å². The minimum absolute atomic E-state index is 0.127. The number of aliphatic hydroxyl groups excluding tert-OH is 1.